The van der Waals surface area contributed by atoms with E-state index < -0.39 is 10.0 Å². The quantitative estimate of drug-likeness (QED) is 0.594. The molecule has 0 atom stereocenters. The lowest BCUT2D eigenvalue weighted by Crippen LogP contribution is -2.44. The zero-order chi connectivity index (χ0) is 21.3. The minimum Gasteiger partial charge on any atom is -0.353 e. The summed E-state index contributed by atoms with van der Waals surface area (Å²) in [6.45, 7) is 10.1. The summed E-state index contributed by atoms with van der Waals surface area (Å²) in [5.74, 6) is 0.0804. The number of carbonyl (C=O) groups is 1. The van der Waals surface area contributed by atoms with Crippen molar-refractivity contribution in [3.63, 3.8) is 0 Å². The first-order valence-corrected chi connectivity index (χ1v) is 12.5. The SMILES string of the molecule is CCCCN1CCC(NC(=O)CCc2ccc(S(=O)(=O)N(CC)CC)cc2)CC1. The second-order valence-corrected chi connectivity index (χ2v) is 9.71. The lowest BCUT2D eigenvalue weighted by atomic mass is 10.0. The number of nitrogens with zero attached hydrogens (tertiary/aromatic N) is 2. The van der Waals surface area contributed by atoms with Crippen molar-refractivity contribution >= 4 is 15.9 Å². The largest absolute Gasteiger partial charge is 0.353 e. The van der Waals surface area contributed by atoms with Gasteiger partial charge in [-0.2, -0.15) is 4.31 Å². The number of likely N-dealkylation sites (tertiary alicyclic amines) is 1. The van der Waals surface area contributed by atoms with E-state index in [2.05, 4.69) is 17.1 Å². The molecule has 0 spiro atoms. The van der Waals surface area contributed by atoms with Gasteiger partial charge in [0.25, 0.3) is 0 Å². The highest BCUT2D eigenvalue weighted by atomic mass is 32.2. The van der Waals surface area contributed by atoms with Gasteiger partial charge >= 0.3 is 0 Å². The molecule has 1 fully saturated rings. The number of unbranched alkanes of at least 4 members (excludes halogenated alkanes) is 1. The van der Waals surface area contributed by atoms with Crippen molar-refractivity contribution in [3.05, 3.63) is 29.8 Å². The van der Waals surface area contributed by atoms with Gasteiger partial charge in [-0.05, 0) is 49.9 Å². The van der Waals surface area contributed by atoms with Gasteiger partial charge in [0.05, 0.1) is 4.90 Å². The number of carbonyl (C=O) groups excluding carboxylic acids is 1. The Balaban J connectivity index is 1.78. The van der Waals surface area contributed by atoms with Crippen molar-refractivity contribution in [2.75, 3.05) is 32.7 Å². The first-order valence-electron chi connectivity index (χ1n) is 11.0. The zero-order valence-electron chi connectivity index (χ0n) is 18.2. The van der Waals surface area contributed by atoms with Crippen molar-refractivity contribution in [3.8, 4) is 0 Å². The first-order chi connectivity index (χ1) is 13.9. The molecule has 6 nitrogen and oxygen atoms in total. The number of hydrogen-bond donors (Lipinski definition) is 1. The number of aryl methyl sites for hydroxylation is 1. The highest BCUT2D eigenvalue weighted by Gasteiger charge is 2.22. The van der Waals surface area contributed by atoms with Gasteiger partial charge in [0.1, 0.15) is 0 Å². The average Bonchev–Trinajstić information content (AvgIpc) is 2.73. The van der Waals surface area contributed by atoms with E-state index in [9.17, 15) is 13.2 Å². The smallest absolute Gasteiger partial charge is 0.243 e. The van der Waals surface area contributed by atoms with Crippen LogP contribution in [0.2, 0.25) is 0 Å². The van der Waals surface area contributed by atoms with E-state index in [1.165, 1.54) is 17.1 Å². The van der Waals surface area contributed by atoms with E-state index in [0.717, 1.165) is 38.0 Å². The predicted octanol–water partition coefficient (Wildman–Crippen LogP) is 3.03. The van der Waals surface area contributed by atoms with E-state index >= 15 is 0 Å². The van der Waals surface area contributed by atoms with Crippen LogP contribution in [0.3, 0.4) is 0 Å². The molecule has 1 heterocycles. The highest BCUT2D eigenvalue weighted by molar-refractivity contribution is 7.89. The van der Waals surface area contributed by atoms with Crippen LogP contribution >= 0.6 is 0 Å². The molecule has 1 aliphatic heterocycles. The summed E-state index contributed by atoms with van der Waals surface area (Å²) in [7, 11) is -3.43. The highest BCUT2D eigenvalue weighted by Crippen LogP contribution is 2.17. The molecule has 0 aliphatic carbocycles. The van der Waals surface area contributed by atoms with Gasteiger partial charge in [-0.1, -0.05) is 39.3 Å². The molecule has 2 rings (SSSR count). The van der Waals surface area contributed by atoms with E-state index in [-0.39, 0.29) is 11.9 Å². The summed E-state index contributed by atoms with van der Waals surface area (Å²) in [6, 6.07) is 7.20. The zero-order valence-corrected chi connectivity index (χ0v) is 19.0. The molecule has 29 heavy (non-hydrogen) atoms. The summed E-state index contributed by atoms with van der Waals surface area (Å²) < 4.78 is 26.5. The molecule has 164 valence electrons. The first kappa shape index (κ1) is 23.8. The molecule has 0 radical (unpaired) electrons. The third-order valence-electron chi connectivity index (χ3n) is 5.69. The minimum absolute atomic E-state index is 0.0804. The van der Waals surface area contributed by atoms with Crippen LogP contribution < -0.4 is 5.32 Å². The molecule has 0 saturated carbocycles. The van der Waals surface area contributed by atoms with Crippen LogP contribution in [0.5, 0.6) is 0 Å². The van der Waals surface area contributed by atoms with Crippen molar-refractivity contribution in [1.82, 2.24) is 14.5 Å². The summed E-state index contributed by atoms with van der Waals surface area (Å²) >= 11 is 0. The van der Waals surface area contributed by atoms with Crippen LogP contribution in [0.15, 0.2) is 29.2 Å². The van der Waals surface area contributed by atoms with Gasteiger partial charge in [0.2, 0.25) is 15.9 Å². The van der Waals surface area contributed by atoms with E-state index in [4.69, 9.17) is 0 Å². The second-order valence-electron chi connectivity index (χ2n) is 7.77. The van der Waals surface area contributed by atoms with E-state index in [0.29, 0.717) is 30.8 Å². The molecular formula is C22H37N3O3S. The van der Waals surface area contributed by atoms with Crippen LogP contribution in [0.1, 0.15) is 58.4 Å². The molecule has 7 heteroatoms. The topological polar surface area (TPSA) is 69.7 Å². The summed E-state index contributed by atoms with van der Waals surface area (Å²) in [4.78, 5) is 15.1. The van der Waals surface area contributed by atoms with E-state index in [1.807, 2.05) is 26.0 Å². The van der Waals surface area contributed by atoms with Gasteiger partial charge in [-0.15, -0.1) is 0 Å². The maximum absolute atomic E-state index is 12.5. The molecule has 1 aromatic rings. The normalized spacial score (nSPS) is 16.3. The van der Waals surface area contributed by atoms with Gasteiger partial charge in [-0.3, -0.25) is 4.79 Å². The molecule has 1 aromatic carbocycles. The van der Waals surface area contributed by atoms with Gasteiger partial charge in [-0.25, -0.2) is 8.42 Å². The molecule has 0 aromatic heterocycles. The number of hydrogen-bond acceptors (Lipinski definition) is 4. The van der Waals surface area contributed by atoms with Gasteiger partial charge in [0, 0.05) is 38.6 Å². The number of amides is 1. The fourth-order valence-corrected chi connectivity index (χ4v) is 5.24. The van der Waals surface area contributed by atoms with Crippen LogP contribution in [0.25, 0.3) is 0 Å². The fourth-order valence-electron chi connectivity index (χ4n) is 3.78. The fraction of sp³-hybridized carbons (Fsp3) is 0.682. The van der Waals surface area contributed by atoms with Gasteiger partial charge < -0.3 is 10.2 Å². The molecular weight excluding hydrogens is 386 g/mol. The standard InChI is InChI=1S/C22H37N3O3S/c1-4-7-16-24-17-14-20(15-18-24)23-22(26)13-10-19-8-11-21(12-9-19)29(27,28)25(5-2)6-3/h8-9,11-12,20H,4-7,10,13-18H2,1-3H3,(H,23,26). The molecule has 1 N–H and O–H groups in total. The summed E-state index contributed by atoms with van der Waals surface area (Å²) in [6.07, 6.45) is 5.55. The van der Waals surface area contributed by atoms with Gasteiger partial charge in [0.15, 0.2) is 0 Å². The molecule has 1 aliphatic rings. The summed E-state index contributed by atoms with van der Waals surface area (Å²) in [5.41, 5.74) is 0.980. The van der Waals surface area contributed by atoms with Crippen molar-refractivity contribution in [1.29, 1.82) is 0 Å². The Morgan fingerprint density at radius 1 is 1.10 bits per heavy atom. The molecule has 0 unspecified atom stereocenters. The predicted molar refractivity (Wildman–Crippen MR) is 117 cm³/mol. The van der Waals surface area contributed by atoms with Crippen molar-refractivity contribution in [2.45, 2.75) is 70.2 Å². The number of nitrogens with one attached hydrogen (secondary N) is 1. The number of sulfonamides is 1. The minimum atomic E-state index is -3.43. The Morgan fingerprint density at radius 3 is 2.28 bits per heavy atom. The molecule has 1 saturated heterocycles. The maximum Gasteiger partial charge on any atom is 0.243 e. The third-order valence-corrected chi connectivity index (χ3v) is 7.75. The molecule has 1 amide bonds. The van der Waals surface area contributed by atoms with Crippen LogP contribution in [-0.4, -0.2) is 62.3 Å². The van der Waals surface area contributed by atoms with Crippen molar-refractivity contribution < 1.29 is 13.2 Å². The Labute approximate surface area is 176 Å². The lowest BCUT2D eigenvalue weighted by Gasteiger charge is -2.32. The van der Waals surface area contributed by atoms with Crippen LogP contribution in [0.4, 0.5) is 0 Å². The monoisotopic (exact) mass is 423 g/mol. The number of piperidine rings is 1. The van der Waals surface area contributed by atoms with Crippen molar-refractivity contribution in [2.24, 2.45) is 0 Å². The Hall–Kier alpha value is -1.44. The second kappa shape index (κ2) is 11.7. The Kier molecular flexibility index (Phi) is 9.59. The van der Waals surface area contributed by atoms with E-state index in [1.54, 1.807) is 12.1 Å². The Morgan fingerprint density at radius 2 is 1.72 bits per heavy atom. The Bertz CT molecular complexity index is 722. The number of benzene rings is 1. The van der Waals surface area contributed by atoms with Crippen LogP contribution in [0, 0.1) is 0 Å². The lowest BCUT2D eigenvalue weighted by molar-refractivity contribution is -0.122. The molecule has 0 bridgehead atoms. The summed E-state index contributed by atoms with van der Waals surface area (Å²) in [5, 5.41) is 3.16. The maximum atomic E-state index is 12.5. The number of rotatable bonds is 11. The average molecular weight is 424 g/mol. The van der Waals surface area contributed by atoms with Crippen LogP contribution in [-0.2, 0) is 21.2 Å². The third kappa shape index (κ3) is 7.08.